The summed E-state index contributed by atoms with van der Waals surface area (Å²) in [6, 6.07) is 13.1. The van der Waals surface area contributed by atoms with E-state index in [2.05, 4.69) is 69.5 Å². The van der Waals surface area contributed by atoms with Crippen LogP contribution in [-0.4, -0.2) is 96.0 Å². The van der Waals surface area contributed by atoms with Crippen molar-refractivity contribution in [2.75, 3.05) is 44.2 Å². The van der Waals surface area contributed by atoms with E-state index in [0.717, 1.165) is 45.0 Å². The molecule has 2 aromatic heterocycles. The smallest absolute Gasteiger partial charge is 0.270 e. The lowest BCUT2D eigenvalue weighted by atomic mass is 9.49. The molecule has 1 aliphatic carbocycles. The number of pyridine rings is 2. The molecular weight excluding hydrogens is 712 g/mol. The molecule has 0 spiro atoms. The Morgan fingerprint density at radius 1 is 0.963 bits per heavy atom. The summed E-state index contributed by atoms with van der Waals surface area (Å²) in [5.41, 5.74) is 0.301. The summed E-state index contributed by atoms with van der Waals surface area (Å²) in [6.45, 7) is 13.0. The van der Waals surface area contributed by atoms with Gasteiger partial charge >= 0.3 is 0 Å². The summed E-state index contributed by atoms with van der Waals surface area (Å²) in [5.74, 6) is 0.432. The number of anilines is 1. The fourth-order valence-electron chi connectivity index (χ4n) is 7.86. The van der Waals surface area contributed by atoms with Gasteiger partial charge in [-0.15, -0.1) is 0 Å². The van der Waals surface area contributed by atoms with E-state index in [0.29, 0.717) is 34.3 Å². The highest BCUT2D eigenvalue weighted by Crippen LogP contribution is 2.55. The maximum Gasteiger partial charge on any atom is 0.270 e. The van der Waals surface area contributed by atoms with Crippen molar-refractivity contribution in [1.82, 2.24) is 30.8 Å². The number of hydrogen-bond acceptors (Lipinski definition) is 11. The first kappa shape index (κ1) is 38.5. The molecule has 4 heterocycles. The average Bonchev–Trinajstić information content (AvgIpc) is 3.16. The van der Waals surface area contributed by atoms with Crippen molar-refractivity contribution >= 4 is 41.0 Å². The molecule has 0 unspecified atom stereocenters. The Bertz CT molecular complexity index is 1910. The van der Waals surface area contributed by atoms with Crippen LogP contribution in [0.5, 0.6) is 11.5 Å². The number of hydrogen-bond donors (Lipinski definition) is 3. The normalized spacial score (nSPS) is 21.9. The number of nitrogens with one attached hydrogen (secondary N) is 3. The largest absolute Gasteiger partial charge is 0.492 e. The van der Waals surface area contributed by atoms with E-state index in [1.165, 1.54) is 6.20 Å². The van der Waals surface area contributed by atoms with Gasteiger partial charge in [-0.2, -0.15) is 5.26 Å². The van der Waals surface area contributed by atoms with Gasteiger partial charge in [0.25, 0.3) is 11.8 Å². The van der Waals surface area contributed by atoms with E-state index in [-0.39, 0.29) is 53.3 Å². The second-order valence-corrected chi connectivity index (χ2v) is 15.5. The van der Waals surface area contributed by atoms with Gasteiger partial charge in [-0.1, -0.05) is 39.3 Å². The van der Waals surface area contributed by atoms with Crippen LogP contribution in [0, 0.1) is 22.2 Å². The third-order valence-electron chi connectivity index (χ3n) is 10.5. The van der Waals surface area contributed by atoms with Crippen molar-refractivity contribution < 1.29 is 28.7 Å². The molecule has 15 heteroatoms. The molecule has 3 fully saturated rings. The lowest BCUT2D eigenvalue weighted by molar-refractivity contribution is -0.164. The lowest BCUT2D eigenvalue weighted by Crippen LogP contribution is -2.74. The van der Waals surface area contributed by atoms with Crippen LogP contribution < -0.4 is 30.3 Å². The van der Waals surface area contributed by atoms with Crippen molar-refractivity contribution in [2.24, 2.45) is 10.8 Å². The number of benzene rings is 1. The van der Waals surface area contributed by atoms with Crippen LogP contribution in [0.1, 0.15) is 73.4 Å². The summed E-state index contributed by atoms with van der Waals surface area (Å²) in [4.78, 5) is 62.5. The van der Waals surface area contributed by atoms with Gasteiger partial charge in [0.2, 0.25) is 11.8 Å². The summed E-state index contributed by atoms with van der Waals surface area (Å²) in [5, 5.41) is 17.6. The highest BCUT2D eigenvalue weighted by atomic mass is 35.5. The standard InChI is InChI=1S/C39H45ClN8O6/c1-38(2)36(39(3,4)37(38)54-26-8-6-24(21-41)28(40)20-26)46-33(50)25-7-12-31(43-22-25)48-17-15-47(16-18-48)14-5-19-53-27-9-10-29(42-23-27)34(51)44-30-11-13-32(49)45-35(30)52/h6-10,12,20,22-23,30,36-37H,5,11,13-19H2,1-4H3,(H,44,51)(H,46,50)(H,45,49,52)/t30-,36?,37?/m1/s1. The van der Waals surface area contributed by atoms with Crippen LogP contribution in [0.3, 0.4) is 0 Å². The third kappa shape index (κ3) is 8.42. The maximum absolute atomic E-state index is 13.4. The minimum Gasteiger partial charge on any atom is -0.492 e. The van der Waals surface area contributed by atoms with Crippen LogP contribution in [0.25, 0.3) is 0 Å². The highest BCUT2D eigenvalue weighted by molar-refractivity contribution is 6.31. The zero-order valence-electron chi connectivity index (χ0n) is 30.9. The summed E-state index contributed by atoms with van der Waals surface area (Å²) < 4.78 is 12.2. The minimum absolute atomic E-state index is 0.154. The van der Waals surface area contributed by atoms with Crippen LogP contribution in [0.15, 0.2) is 54.9 Å². The Morgan fingerprint density at radius 2 is 1.70 bits per heavy atom. The topological polar surface area (TPSA) is 179 Å². The molecule has 54 heavy (non-hydrogen) atoms. The first-order chi connectivity index (χ1) is 25.8. The average molecular weight is 757 g/mol. The molecular formula is C39H45ClN8O6. The maximum atomic E-state index is 13.4. The third-order valence-corrected chi connectivity index (χ3v) is 10.8. The second kappa shape index (κ2) is 16.0. The molecule has 6 rings (SSSR count). The Labute approximate surface area is 319 Å². The molecule has 3 N–H and O–H groups in total. The first-order valence-electron chi connectivity index (χ1n) is 18.1. The second-order valence-electron chi connectivity index (χ2n) is 15.1. The van der Waals surface area contributed by atoms with E-state index in [9.17, 15) is 24.4 Å². The van der Waals surface area contributed by atoms with Crippen molar-refractivity contribution in [3.8, 4) is 17.6 Å². The zero-order valence-corrected chi connectivity index (χ0v) is 31.6. The Kier molecular flexibility index (Phi) is 11.4. The predicted molar refractivity (Wildman–Crippen MR) is 200 cm³/mol. The summed E-state index contributed by atoms with van der Waals surface area (Å²) in [6.07, 6.45) is 4.17. The van der Waals surface area contributed by atoms with Gasteiger partial charge in [0.15, 0.2) is 0 Å². The number of imide groups is 1. The quantitative estimate of drug-likeness (QED) is 0.181. The van der Waals surface area contributed by atoms with E-state index >= 15 is 0 Å². The van der Waals surface area contributed by atoms with Gasteiger partial charge in [-0.3, -0.25) is 29.4 Å². The zero-order chi connectivity index (χ0) is 38.6. The molecule has 2 aliphatic heterocycles. The number of piperazine rings is 1. The van der Waals surface area contributed by atoms with Gasteiger partial charge in [0.05, 0.1) is 29.0 Å². The van der Waals surface area contributed by atoms with Gasteiger partial charge in [-0.25, -0.2) is 9.97 Å². The molecule has 1 saturated carbocycles. The molecule has 1 aromatic carbocycles. The van der Waals surface area contributed by atoms with Crippen molar-refractivity contribution in [3.05, 3.63) is 76.7 Å². The number of nitriles is 1. The number of piperidine rings is 1. The molecule has 3 aromatic rings. The summed E-state index contributed by atoms with van der Waals surface area (Å²) >= 11 is 6.23. The fraction of sp³-hybridized carbons (Fsp3) is 0.462. The number of carbonyl (C=O) groups is 4. The molecule has 284 valence electrons. The van der Waals surface area contributed by atoms with E-state index in [1.54, 1.807) is 36.5 Å². The Morgan fingerprint density at radius 3 is 2.33 bits per heavy atom. The van der Waals surface area contributed by atoms with Gasteiger partial charge in [0, 0.05) is 68.3 Å². The van der Waals surface area contributed by atoms with Gasteiger partial charge in [-0.05, 0) is 49.2 Å². The fourth-order valence-corrected chi connectivity index (χ4v) is 8.07. The number of halogens is 1. The number of ether oxygens (including phenoxy) is 2. The molecule has 0 radical (unpaired) electrons. The monoisotopic (exact) mass is 756 g/mol. The molecule has 2 saturated heterocycles. The van der Waals surface area contributed by atoms with E-state index in [1.807, 2.05) is 12.1 Å². The number of nitrogens with zero attached hydrogens (tertiary/aromatic N) is 5. The van der Waals surface area contributed by atoms with Gasteiger partial charge in [0.1, 0.15) is 41.2 Å². The SMILES string of the molecule is CC1(C)C(NC(=O)c2ccc(N3CCN(CCCOc4ccc(C(=O)N[C@@H]5CCC(=O)NC5=O)nc4)CC3)nc2)C(C)(C)C1Oc1ccc(C#N)c(Cl)c1. The van der Waals surface area contributed by atoms with Crippen LogP contribution in [-0.2, 0) is 9.59 Å². The number of aromatic nitrogens is 2. The van der Waals surface area contributed by atoms with Crippen LogP contribution >= 0.6 is 11.6 Å². The molecule has 3 aliphatic rings. The van der Waals surface area contributed by atoms with Crippen LogP contribution in [0.2, 0.25) is 5.02 Å². The number of rotatable bonds is 12. The number of amides is 4. The van der Waals surface area contributed by atoms with Gasteiger partial charge < -0.3 is 25.0 Å². The molecule has 4 amide bonds. The van der Waals surface area contributed by atoms with Crippen molar-refractivity contribution in [1.29, 1.82) is 5.26 Å². The summed E-state index contributed by atoms with van der Waals surface area (Å²) in [7, 11) is 0. The van der Waals surface area contributed by atoms with E-state index in [4.69, 9.17) is 21.1 Å². The molecule has 1 atom stereocenters. The number of carbonyl (C=O) groups excluding carboxylic acids is 4. The van der Waals surface area contributed by atoms with Crippen LogP contribution in [0.4, 0.5) is 5.82 Å². The Balaban J connectivity index is 0.903. The van der Waals surface area contributed by atoms with Crippen molar-refractivity contribution in [3.63, 3.8) is 0 Å². The minimum atomic E-state index is -0.760. The molecule has 14 nitrogen and oxygen atoms in total. The predicted octanol–water partition coefficient (Wildman–Crippen LogP) is 3.74. The molecule has 0 bridgehead atoms. The van der Waals surface area contributed by atoms with Crippen molar-refractivity contribution in [2.45, 2.75) is 65.1 Å². The highest BCUT2D eigenvalue weighted by Gasteiger charge is 2.64. The first-order valence-corrected chi connectivity index (χ1v) is 18.5. The van der Waals surface area contributed by atoms with E-state index < -0.39 is 17.9 Å². The Hall–Kier alpha value is -5.26. The lowest BCUT2D eigenvalue weighted by Gasteiger charge is -2.63.